The van der Waals surface area contributed by atoms with Crippen LogP contribution >= 0.6 is 12.4 Å². The Balaban J connectivity index is 0.00000243. The van der Waals surface area contributed by atoms with E-state index in [2.05, 4.69) is 25.6 Å². The number of halogens is 1. The molecule has 1 unspecified atom stereocenters. The van der Waals surface area contributed by atoms with E-state index in [0.29, 0.717) is 18.0 Å². The maximum atomic E-state index is 12.7. The van der Waals surface area contributed by atoms with Gasteiger partial charge in [0.15, 0.2) is 5.82 Å². The summed E-state index contributed by atoms with van der Waals surface area (Å²) in [6.45, 7) is 1.60. The number of tetrazole rings is 1. The minimum Gasteiger partial charge on any atom is -0.383 e. The molecular formula is C15H23ClN6O3S. The van der Waals surface area contributed by atoms with Crippen LogP contribution in [0.15, 0.2) is 29.2 Å². The van der Waals surface area contributed by atoms with E-state index in [1.54, 1.807) is 38.4 Å². The summed E-state index contributed by atoms with van der Waals surface area (Å²) >= 11 is 0. The molecule has 0 aliphatic carbocycles. The molecule has 1 aliphatic heterocycles. The van der Waals surface area contributed by atoms with Crippen molar-refractivity contribution >= 4 is 22.4 Å². The summed E-state index contributed by atoms with van der Waals surface area (Å²) in [5.41, 5.74) is 0.286. The molecule has 1 aromatic heterocycles. The number of methoxy groups -OCH3 is 1. The highest BCUT2D eigenvalue weighted by Gasteiger charge is 2.34. The Kier molecular flexibility index (Phi) is 6.69. The van der Waals surface area contributed by atoms with E-state index in [1.807, 2.05) is 0 Å². The molecule has 3 rings (SSSR count). The molecule has 0 bridgehead atoms. The topological polar surface area (TPSA) is 111 Å². The molecule has 1 fully saturated rings. The van der Waals surface area contributed by atoms with Crippen molar-refractivity contribution in [3.8, 4) is 11.4 Å². The van der Waals surface area contributed by atoms with Gasteiger partial charge in [-0.2, -0.15) is 0 Å². The molecule has 1 saturated heterocycles. The molecule has 1 aromatic carbocycles. The van der Waals surface area contributed by atoms with E-state index in [1.165, 1.54) is 4.68 Å². The first-order chi connectivity index (χ1) is 12.0. The zero-order chi connectivity index (χ0) is 17.9. The molecule has 2 heterocycles. The molecule has 0 saturated carbocycles. The van der Waals surface area contributed by atoms with Crippen molar-refractivity contribution in [2.75, 3.05) is 26.8 Å². The van der Waals surface area contributed by atoms with E-state index in [9.17, 15) is 8.42 Å². The van der Waals surface area contributed by atoms with Gasteiger partial charge in [0.05, 0.1) is 17.0 Å². The summed E-state index contributed by atoms with van der Waals surface area (Å²) in [6, 6.07) is 6.58. The number of rotatable bonds is 7. The smallest absolute Gasteiger partial charge is 0.240 e. The average molecular weight is 403 g/mol. The fourth-order valence-corrected chi connectivity index (χ4v) is 4.24. The number of nitrogens with zero attached hydrogens (tertiary/aromatic N) is 4. The predicted octanol–water partition coefficient (Wildman–Crippen LogP) is 0.346. The molecule has 2 aromatic rings. The van der Waals surface area contributed by atoms with Gasteiger partial charge in [0, 0.05) is 26.3 Å². The number of hydrogen-bond donors (Lipinski definition) is 2. The molecular weight excluding hydrogens is 380 g/mol. The minimum absolute atomic E-state index is 0. The largest absolute Gasteiger partial charge is 0.383 e. The zero-order valence-electron chi connectivity index (χ0n) is 14.7. The number of aryl methyl sites for hydroxylation is 1. The van der Waals surface area contributed by atoms with Crippen molar-refractivity contribution in [2.24, 2.45) is 7.05 Å². The van der Waals surface area contributed by atoms with Crippen molar-refractivity contribution < 1.29 is 13.2 Å². The molecule has 2 N–H and O–H groups in total. The molecule has 11 heteroatoms. The Morgan fingerprint density at radius 2 is 2.23 bits per heavy atom. The fraction of sp³-hybridized carbons (Fsp3) is 0.533. The second-order valence-electron chi connectivity index (χ2n) is 6.22. The van der Waals surface area contributed by atoms with Crippen molar-refractivity contribution in [1.29, 1.82) is 0 Å². The van der Waals surface area contributed by atoms with E-state index in [4.69, 9.17) is 4.74 Å². The first kappa shape index (κ1) is 20.7. The van der Waals surface area contributed by atoms with Crippen LogP contribution < -0.4 is 10.0 Å². The van der Waals surface area contributed by atoms with Crippen molar-refractivity contribution in [1.82, 2.24) is 30.2 Å². The Bertz CT molecular complexity index is 835. The van der Waals surface area contributed by atoms with Crippen LogP contribution in [0.3, 0.4) is 0 Å². The monoisotopic (exact) mass is 402 g/mol. The van der Waals surface area contributed by atoms with Gasteiger partial charge >= 0.3 is 0 Å². The highest BCUT2D eigenvalue weighted by Crippen LogP contribution is 2.22. The van der Waals surface area contributed by atoms with Gasteiger partial charge in [-0.25, -0.2) is 17.8 Å². The predicted molar refractivity (Wildman–Crippen MR) is 98.5 cm³/mol. The van der Waals surface area contributed by atoms with Gasteiger partial charge in [-0.15, -0.1) is 17.5 Å². The maximum absolute atomic E-state index is 12.7. The van der Waals surface area contributed by atoms with E-state index in [0.717, 1.165) is 19.4 Å². The molecule has 9 nitrogen and oxygen atoms in total. The van der Waals surface area contributed by atoms with E-state index >= 15 is 0 Å². The summed E-state index contributed by atoms with van der Waals surface area (Å²) in [5, 5.41) is 14.6. The second kappa shape index (κ2) is 8.40. The molecule has 0 radical (unpaired) electrons. The van der Waals surface area contributed by atoms with E-state index < -0.39 is 10.0 Å². The zero-order valence-corrected chi connectivity index (χ0v) is 16.3. The third-order valence-electron chi connectivity index (χ3n) is 4.38. The third kappa shape index (κ3) is 4.38. The van der Waals surface area contributed by atoms with Gasteiger partial charge in [0.1, 0.15) is 0 Å². The Morgan fingerprint density at radius 3 is 2.85 bits per heavy atom. The normalized spacial score (nSPS) is 20.1. The van der Waals surface area contributed by atoms with Crippen LogP contribution in [0.4, 0.5) is 0 Å². The highest BCUT2D eigenvalue weighted by atomic mass is 35.5. The summed E-state index contributed by atoms with van der Waals surface area (Å²) in [6.07, 6.45) is 1.87. The van der Waals surface area contributed by atoms with Crippen LogP contribution in [0.1, 0.15) is 12.8 Å². The van der Waals surface area contributed by atoms with Gasteiger partial charge in [-0.05, 0) is 41.9 Å². The lowest BCUT2D eigenvalue weighted by Gasteiger charge is -2.28. The van der Waals surface area contributed by atoms with Gasteiger partial charge in [0.2, 0.25) is 10.0 Å². The molecule has 26 heavy (non-hydrogen) atoms. The lowest BCUT2D eigenvalue weighted by Crippen LogP contribution is -2.52. The van der Waals surface area contributed by atoms with Crippen molar-refractivity contribution in [2.45, 2.75) is 23.3 Å². The van der Waals surface area contributed by atoms with Gasteiger partial charge < -0.3 is 10.1 Å². The molecule has 1 aliphatic rings. The van der Waals surface area contributed by atoms with Crippen molar-refractivity contribution in [3.05, 3.63) is 24.3 Å². The standard InChI is InChI=1S/C15H22N6O3S.ClH/c1-21-14(18-19-20-21)12-5-3-6-13(9-12)25(22,23)17-10-15(11-24-2)7-4-8-16-15;/h3,5-6,9,16-17H,4,7-8,10-11H2,1-2H3;1H. The first-order valence-electron chi connectivity index (χ1n) is 8.02. The molecule has 0 amide bonds. The van der Waals surface area contributed by atoms with Crippen LogP contribution in [0.2, 0.25) is 0 Å². The summed E-state index contributed by atoms with van der Waals surface area (Å²) in [5.74, 6) is 0.505. The Labute approximate surface area is 159 Å². The highest BCUT2D eigenvalue weighted by molar-refractivity contribution is 7.89. The number of hydrogen-bond acceptors (Lipinski definition) is 7. The number of benzene rings is 1. The lowest BCUT2D eigenvalue weighted by molar-refractivity contribution is 0.122. The van der Waals surface area contributed by atoms with E-state index in [-0.39, 0.29) is 29.4 Å². The fourth-order valence-electron chi connectivity index (χ4n) is 3.06. The summed E-state index contributed by atoms with van der Waals surface area (Å²) < 4.78 is 34.9. The first-order valence-corrected chi connectivity index (χ1v) is 9.51. The SMILES string of the molecule is COCC1(CNS(=O)(=O)c2cccc(-c3nnnn3C)c2)CCCN1.Cl. The quantitative estimate of drug-likeness (QED) is 0.687. The summed E-state index contributed by atoms with van der Waals surface area (Å²) in [7, 11) is -0.331. The van der Waals surface area contributed by atoms with Gasteiger partial charge in [0.25, 0.3) is 0 Å². The van der Waals surface area contributed by atoms with Crippen molar-refractivity contribution in [3.63, 3.8) is 0 Å². The van der Waals surface area contributed by atoms with Crippen LogP contribution in [0, 0.1) is 0 Å². The number of sulfonamides is 1. The average Bonchev–Trinajstić information content (AvgIpc) is 3.23. The van der Waals surface area contributed by atoms with Crippen LogP contribution in [-0.2, 0) is 21.8 Å². The maximum Gasteiger partial charge on any atom is 0.240 e. The van der Waals surface area contributed by atoms with Crippen LogP contribution in [-0.4, -0.2) is 61.0 Å². The molecule has 0 spiro atoms. The Morgan fingerprint density at radius 1 is 1.42 bits per heavy atom. The molecule has 1 atom stereocenters. The number of ether oxygens (including phenoxy) is 1. The van der Waals surface area contributed by atoms with Gasteiger partial charge in [-0.3, -0.25) is 0 Å². The third-order valence-corrected chi connectivity index (χ3v) is 5.77. The number of aromatic nitrogens is 4. The molecule has 144 valence electrons. The van der Waals surface area contributed by atoms with Gasteiger partial charge in [-0.1, -0.05) is 12.1 Å². The second-order valence-corrected chi connectivity index (χ2v) is 7.99. The lowest BCUT2D eigenvalue weighted by atomic mass is 9.99. The summed E-state index contributed by atoms with van der Waals surface area (Å²) in [4.78, 5) is 0.179. The Hall–Kier alpha value is -1.59. The van der Waals surface area contributed by atoms with Crippen LogP contribution in [0.5, 0.6) is 0 Å². The number of nitrogens with one attached hydrogen (secondary N) is 2. The van der Waals surface area contributed by atoms with Crippen LogP contribution in [0.25, 0.3) is 11.4 Å². The minimum atomic E-state index is -3.65.